The molecule has 1 aromatic heterocycles. The fourth-order valence-electron chi connectivity index (χ4n) is 1.70. The van der Waals surface area contributed by atoms with E-state index in [4.69, 9.17) is 20.5 Å². The Morgan fingerprint density at radius 1 is 1.25 bits per heavy atom. The summed E-state index contributed by atoms with van der Waals surface area (Å²) < 4.78 is 10.4. The van der Waals surface area contributed by atoms with E-state index in [1.807, 2.05) is 6.07 Å². The second-order valence-corrected chi connectivity index (χ2v) is 3.97. The molecule has 3 N–H and O–H groups in total. The molecule has 0 fully saturated rings. The van der Waals surface area contributed by atoms with Crippen molar-refractivity contribution >= 4 is 17.2 Å². The molecule has 0 spiro atoms. The molecule has 2 rings (SSSR count). The minimum Gasteiger partial charge on any atom is -0.497 e. The van der Waals surface area contributed by atoms with Crippen LogP contribution in [0.3, 0.4) is 0 Å². The predicted octanol–water partition coefficient (Wildman–Crippen LogP) is 2.30. The van der Waals surface area contributed by atoms with Crippen molar-refractivity contribution in [2.45, 2.75) is 0 Å². The van der Waals surface area contributed by atoms with Crippen molar-refractivity contribution < 1.29 is 9.47 Å². The lowest BCUT2D eigenvalue weighted by Gasteiger charge is -2.12. The van der Waals surface area contributed by atoms with Crippen molar-refractivity contribution in [2.75, 3.05) is 25.3 Å². The SMILES string of the molecule is COc1ccc(Nc2ncc(N)cc2C#N)c(OC)c1. The molecule has 0 amide bonds. The van der Waals surface area contributed by atoms with Gasteiger partial charge in [0.2, 0.25) is 0 Å². The number of methoxy groups -OCH3 is 2. The fourth-order valence-corrected chi connectivity index (χ4v) is 1.70. The van der Waals surface area contributed by atoms with E-state index in [1.54, 1.807) is 38.5 Å². The van der Waals surface area contributed by atoms with E-state index in [9.17, 15) is 0 Å². The summed E-state index contributed by atoms with van der Waals surface area (Å²) in [6.45, 7) is 0. The molecular weight excluding hydrogens is 256 g/mol. The number of hydrogen-bond donors (Lipinski definition) is 2. The lowest BCUT2D eigenvalue weighted by atomic mass is 10.2. The fraction of sp³-hybridized carbons (Fsp3) is 0.143. The van der Waals surface area contributed by atoms with Crippen molar-refractivity contribution in [3.05, 3.63) is 36.0 Å². The topological polar surface area (TPSA) is 93.2 Å². The minimum absolute atomic E-state index is 0.364. The number of ether oxygens (including phenoxy) is 2. The van der Waals surface area contributed by atoms with Gasteiger partial charge in [-0.05, 0) is 18.2 Å². The molecule has 20 heavy (non-hydrogen) atoms. The van der Waals surface area contributed by atoms with Crippen LogP contribution >= 0.6 is 0 Å². The molecule has 6 heteroatoms. The summed E-state index contributed by atoms with van der Waals surface area (Å²) in [4.78, 5) is 4.12. The number of pyridine rings is 1. The number of hydrogen-bond acceptors (Lipinski definition) is 6. The van der Waals surface area contributed by atoms with Crippen molar-refractivity contribution in [1.29, 1.82) is 5.26 Å². The molecule has 6 nitrogen and oxygen atoms in total. The van der Waals surface area contributed by atoms with E-state index < -0.39 is 0 Å². The van der Waals surface area contributed by atoms with Gasteiger partial charge in [-0.1, -0.05) is 0 Å². The van der Waals surface area contributed by atoms with Gasteiger partial charge in [-0.3, -0.25) is 0 Å². The molecule has 0 aliphatic heterocycles. The van der Waals surface area contributed by atoms with E-state index in [1.165, 1.54) is 6.20 Å². The van der Waals surface area contributed by atoms with Gasteiger partial charge in [-0.2, -0.15) is 5.26 Å². The highest BCUT2D eigenvalue weighted by molar-refractivity contribution is 5.70. The Hall–Kier alpha value is -2.94. The predicted molar refractivity (Wildman–Crippen MR) is 76.2 cm³/mol. The largest absolute Gasteiger partial charge is 0.497 e. The highest BCUT2D eigenvalue weighted by Gasteiger charge is 2.09. The summed E-state index contributed by atoms with van der Waals surface area (Å²) in [7, 11) is 3.14. The lowest BCUT2D eigenvalue weighted by molar-refractivity contribution is 0.395. The number of nitrogen functional groups attached to an aromatic ring is 1. The van der Waals surface area contributed by atoms with Crippen molar-refractivity contribution in [3.63, 3.8) is 0 Å². The van der Waals surface area contributed by atoms with Crippen molar-refractivity contribution in [2.24, 2.45) is 0 Å². The summed E-state index contributed by atoms with van der Waals surface area (Å²) in [5.41, 5.74) is 7.09. The third kappa shape index (κ3) is 2.72. The van der Waals surface area contributed by atoms with Crippen LogP contribution in [0.2, 0.25) is 0 Å². The molecule has 0 saturated carbocycles. The normalized spacial score (nSPS) is 9.65. The van der Waals surface area contributed by atoms with Gasteiger partial charge in [0.05, 0.1) is 37.4 Å². The third-order valence-electron chi connectivity index (χ3n) is 2.69. The number of anilines is 3. The second-order valence-electron chi connectivity index (χ2n) is 3.97. The molecule has 102 valence electrons. The van der Waals surface area contributed by atoms with Gasteiger partial charge in [0.25, 0.3) is 0 Å². The standard InChI is InChI=1S/C14H14N4O2/c1-19-11-3-4-12(13(6-11)20-2)18-14-9(7-15)5-10(16)8-17-14/h3-6,8H,16H2,1-2H3,(H,17,18). The Morgan fingerprint density at radius 2 is 2.05 bits per heavy atom. The van der Waals surface area contributed by atoms with Crippen LogP contribution in [0.5, 0.6) is 11.5 Å². The number of nitrogens with zero attached hydrogens (tertiary/aromatic N) is 2. The quantitative estimate of drug-likeness (QED) is 0.885. The van der Waals surface area contributed by atoms with Gasteiger partial charge in [0.15, 0.2) is 0 Å². The van der Waals surface area contributed by atoms with Crippen LogP contribution in [0.1, 0.15) is 5.56 Å². The molecule has 0 aliphatic carbocycles. The maximum Gasteiger partial charge on any atom is 0.148 e. The van der Waals surface area contributed by atoms with E-state index in [-0.39, 0.29) is 0 Å². The smallest absolute Gasteiger partial charge is 0.148 e. The van der Waals surface area contributed by atoms with Crippen LogP contribution in [0.15, 0.2) is 30.5 Å². The summed E-state index contributed by atoms with van der Waals surface area (Å²) in [5.74, 6) is 1.69. The Bertz CT molecular complexity index is 665. The molecule has 0 saturated heterocycles. The number of benzene rings is 1. The summed E-state index contributed by atoms with van der Waals surface area (Å²) >= 11 is 0. The number of rotatable bonds is 4. The van der Waals surface area contributed by atoms with Crippen molar-refractivity contribution in [1.82, 2.24) is 4.98 Å². The van der Waals surface area contributed by atoms with Crippen LogP contribution in [0, 0.1) is 11.3 Å². The minimum atomic E-state index is 0.364. The van der Waals surface area contributed by atoms with Gasteiger partial charge in [0.1, 0.15) is 23.4 Å². The lowest BCUT2D eigenvalue weighted by Crippen LogP contribution is -2.00. The van der Waals surface area contributed by atoms with E-state index in [0.29, 0.717) is 34.3 Å². The first-order valence-corrected chi connectivity index (χ1v) is 5.82. The number of nitriles is 1. The molecule has 1 heterocycles. The van der Waals surface area contributed by atoms with E-state index >= 15 is 0 Å². The first-order valence-electron chi connectivity index (χ1n) is 5.82. The highest BCUT2D eigenvalue weighted by atomic mass is 16.5. The van der Waals surface area contributed by atoms with Gasteiger partial charge in [0, 0.05) is 6.07 Å². The van der Waals surface area contributed by atoms with Crippen LogP contribution < -0.4 is 20.5 Å². The van der Waals surface area contributed by atoms with Crippen LogP contribution in [-0.4, -0.2) is 19.2 Å². The maximum atomic E-state index is 9.09. The Labute approximate surface area is 116 Å². The average molecular weight is 270 g/mol. The average Bonchev–Trinajstić information content (AvgIpc) is 2.49. The molecule has 0 bridgehead atoms. The zero-order chi connectivity index (χ0) is 14.5. The second kappa shape index (κ2) is 5.80. The molecule has 0 radical (unpaired) electrons. The Balaban J connectivity index is 2.37. The molecule has 0 unspecified atom stereocenters. The Kier molecular flexibility index (Phi) is 3.91. The molecule has 1 aromatic carbocycles. The van der Waals surface area contributed by atoms with E-state index in [0.717, 1.165) is 0 Å². The van der Waals surface area contributed by atoms with Crippen LogP contribution in [0.25, 0.3) is 0 Å². The van der Waals surface area contributed by atoms with Crippen molar-refractivity contribution in [3.8, 4) is 17.6 Å². The monoisotopic (exact) mass is 270 g/mol. The summed E-state index contributed by atoms with van der Waals surface area (Å²) in [6, 6.07) is 8.92. The Morgan fingerprint density at radius 3 is 2.70 bits per heavy atom. The first kappa shape index (κ1) is 13.5. The number of nitrogens with one attached hydrogen (secondary N) is 1. The number of aromatic nitrogens is 1. The van der Waals surface area contributed by atoms with Crippen LogP contribution in [-0.2, 0) is 0 Å². The van der Waals surface area contributed by atoms with E-state index in [2.05, 4.69) is 10.3 Å². The first-order chi connectivity index (χ1) is 9.67. The summed E-state index contributed by atoms with van der Waals surface area (Å²) in [5, 5.41) is 12.1. The molecule has 0 atom stereocenters. The summed E-state index contributed by atoms with van der Waals surface area (Å²) in [6.07, 6.45) is 1.49. The zero-order valence-electron chi connectivity index (χ0n) is 11.2. The maximum absolute atomic E-state index is 9.09. The third-order valence-corrected chi connectivity index (χ3v) is 2.69. The van der Waals surface area contributed by atoms with Crippen LogP contribution in [0.4, 0.5) is 17.2 Å². The molecule has 2 aromatic rings. The van der Waals surface area contributed by atoms with Gasteiger partial charge >= 0.3 is 0 Å². The molecular formula is C14H14N4O2. The van der Waals surface area contributed by atoms with Gasteiger partial charge in [-0.25, -0.2) is 4.98 Å². The highest BCUT2D eigenvalue weighted by Crippen LogP contribution is 2.31. The van der Waals surface area contributed by atoms with Gasteiger partial charge < -0.3 is 20.5 Å². The molecule has 0 aliphatic rings. The van der Waals surface area contributed by atoms with Gasteiger partial charge in [-0.15, -0.1) is 0 Å². The number of nitrogens with two attached hydrogens (primary N) is 1. The zero-order valence-corrected chi connectivity index (χ0v) is 11.2.